The molecule has 0 aliphatic heterocycles. The normalized spacial score (nSPS) is 11.1. The molecule has 1 aromatic heterocycles. The van der Waals surface area contributed by atoms with Crippen molar-refractivity contribution in [3.05, 3.63) is 30.1 Å². The Bertz CT molecular complexity index is 338. The largest absolute Gasteiger partial charge is 0.393 e. The number of thiocarbonyl (C=S) groups is 1. The third-order valence-electron chi connectivity index (χ3n) is 2.45. The second-order valence-corrected chi connectivity index (χ2v) is 5.23. The molecule has 0 bridgehead atoms. The van der Waals surface area contributed by atoms with Crippen LogP contribution in [0.25, 0.3) is 0 Å². The van der Waals surface area contributed by atoms with Crippen molar-refractivity contribution in [1.82, 2.24) is 9.88 Å². The first kappa shape index (κ1) is 14.1. The molecule has 0 radical (unpaired) electrons. The van der Waals surface area contributed by atoms with Crippen molar-refractivity contribution in [1.29, 1.82) is 0 Å². The zero-order valence-electron chi connectivity index (χ0n) is 10.6. The lowest BCUT2D eigenvalue weighted by Gasteiger charge is -2.24. The van der Waals surface area contributed by atoms with Gasteiger partial charge in [0.1, 0.15) is 0 Å². The molecule has 94 valence electrons. The minimum Gasteiger partial charge on any atom is -0.393 e. The second kappa shape index (κ2) is 7.35. The van der Waals surface area contributed by atoms with Gasteiger partial charge in [-0.1, -0.05) is 26.1 Å². The third kappa shape index (κ3) is 6.34. The van der Waals surface area contributed by atoms with Crippen LogP contribution in [0.1, 0.15) is 25.8 Å². The Morgan fingerprint density at radius 1 is 1.41 bits per heavy atom. The summed E-state index contributed by atoms with van der Waals surface area (Å²) in [6.07, 6.45) is 4.44. The van der Waals surface area contributed by atoms with Gasteiger partial charge in [-0.05, 0) is 23.6 Å². The van der Waals surface area contributed by atoms with Crippen LogP contribution in [0.5, 0.6) is 0 Å². The van der Waals surface area contributed by atoms with Gasteiger partial charge < -0.3 is 5.73 Å². The average Bonchev–Trinajstić information content (AvgIpc) is 2.26. The van der Waals surface area contributed by atoms with Crippen molar-refractivity contribution in [3.8, 4) is 0 Å². The molecule has 0 amide bonds. The van der Waals surface area contributed by atoms with Gasteiger partial charge in [0.05, 0.1) is 4.99 Å². The van der Waals surface area contributed by atoms with Crippen molar-refractivity contribution < 1.29 is 0 Å². The number of hydrogen-bond donors (Lipinski definition) is 1. The number of aromatic nitrogens is 1. The molecule has 3 nitrogen and oxygen atoms in total. The van der Waals surface area contributed by atoms with Gasteiger partial charge >= 0.3 is 0 Å². The number of nitrogens with two attached hydrogens (primary N) is 1. The summed E-state index contributed by atoms with van der Waals surface area (Å²) in [7, 11) is 0. The Kier molecular flexibility index (Phi) is 6.08. The zero-order valence-corrected chi connectivity index (χ0v) is 11.4. The van der Waals surface area contributed by atoms with Crippen LogP contribution in [-0.2, 0) is 6.54 Å². The monoisotopic (exact) mass is 251 g/mol. The fourth-order valence-corrected chi connectivity index (χ4v) is 1.86. The van der Waals surface area contributed by atoms with E-state index in [0.717, 1.165) is 26.1 Å². The number of pyridine rings is 1. The lowest BCUT2D eigenvalue weighted by Crippen LogP contribution is -2.30. The van der Waals surface area contributed by atoms with Crippen molar-refractivity contribution in [3.63, 3.8) is 0 Å². The first-order valence-electron chi connectivity index (χ1n) is 5.97. The van der Waals surface area contributed by atoms with E-state index in [1.54, 1.807) is 0 Å². The highest BCUT2D eigenvalue weighted by Gasteiger charge is 2.08. The van der Waals surface area contributed by atoms with Gasteiger partial charge in [-0.25, -0.2) is 0 Å². The molecule has 0 spiro atoms. The third-order valence-corrected chi connectivity index (χ3v) is 2.66. The lowest BCUT2D eigenvalue weighted by molar-refractivity contribution is 0.242. The van der Waals surface area contributed by atoms with Crippen LogP contribution in [0.15, 0.2) is 24.5 Å². The summed E-state index contributed by atoms with van der Waals surface area (Å²) >= 11 is 4.93. The summed E-state index contributed by atoms with van der Waals surface area (Å²) in [5, 5.41) is 0. The molecular formula is C13H21N3S. The van der Waals surface area contributed by atoms with Gasteiger partial charge in [0.25, 0.3) is 0 Å². The highest BCUT2D eigenvalue weighted by molar-refractivity contribution is 7.80. The maximum absolute atomic E-state index is 5.56. The molecule has 1 rings (SSSR count). The Morgan fingerprint density at radius 2 is 2.06 bits per heavy atom. The molecule has 0 saturated carbocycles. The summed E-state index contributed by atoms with van der Waals surface area (Å²) in [6, 6.07) is 4.10. The molecule has 4 heteroatoms. The topological polar surface area (TPSA) is 42.1 Å². The zero-order chi connectivity index (χ0) is 12.7. The minimum absolute atomic E-state index is 0.591. The highest BCUT2D eigenvalue weighted by atomic mass is 32.1. The molecule has 1 heterocycles. The predicted molar refractivity (Wildman–Crippen MR) is 75.8 cm³/mol. The van der Waals surface area contributed by atoms with Gasteiger partial charge in [-0.2, -0.15) is 0 Å². The molecule has 2 N–H and O–H groups in total. The maximum atomic E-state index is 5.56. The fourth-order valence-electron chi connectivity index (χ4n) is 1.77. The van der Waals surface area contributed by atoms with Crippen LogP contribution in [-0.4, -0.2) is 28.0 Å². The summed E-state index contributed by atoms with van der Waals surface area (Å²) in [5.74, 6) is 0.642. The molecule has 0 aliphatic rings. The smallest absolute Gasteiger partial charge is 0.0740 e. The molecule has 0 atom stereocenters. The highest BCUT2D eigenvalue weighted by Crippen LogP contribution is 2.07. The Hall–Kier alpha value is -1.00. The van der Waals surface area contributed by atoms with Gasteiger partial charge in [0, 0.05) is 38.4 Å². The molecule has 0 aromatic carbocycles. The van der Waals surface area contributed by atoms with Gasteiger partial charge in [0.2, 0.25) is 0 Å². The van der Waals surface area contributed by atoms with Gasteiger partial charge in [-0.3, -0.25) is 9.88 Å². The molecule has 17 heavy (non-hydrogen) atoms. The Labute approximate surface area is 109 Å². The van der Waals surface area contributed by atoms with Crippen molar-refractivity contribution in [2.45, 2.75) is 26.8 Å². The SMILES string of the molecule is CC(C)CN(CCC(N)=S)Cc1ccncc1. The summed E-state index contributed by atoms with van der Waals surface area (Å²) in [4.78, 5) is 7.01. The molecular weight excluding hydrogens is 230 g/mol. The quantitative estimate of drug-likeness (QED) is 0.755. The average molecular weight is 251 g/mol. The van der Waals surface area contributed by atoms with E-state index < -0.39 is 0 Å². The Balaban J connectivity index is 2.53. The van der Waals surface area contributed by atoms with Gasteiger partial charge in [-0.15, -0.1) is 0 Å². The molecule has 0 fully saturated rings. The van der Waals surface area contributed by atoms with Crippen molar-refractivity contribution in [2.75, 3.05) is 13.1 Å². The van der Waals surface area contributed by atoms with E-state index >= 15 is 0 Å². The van der Waals surface area contributed by atoms with E-state index in [4.69, 9.17) is 18.0 Å². The van der Waals surface area contributed by atoms with Crippen LogP contribution >= 0.6 is 12.2 Å². The Morgan fingerprint density at radius 3 is 2.59 bits per heavy atom. The molecule has 0 aliphatic carbocycles. The number of nitrogens with zero attached hydrogens (tertiary/aromatic N) is 2. The van der Waals surface area contributed by atoms with Crippen LogP contribution in [0.4, 0.5) is 0 Å². The van der Waals surface area contributed by atoms with Crippen LogP contribution < -0.4 is 5.73 Å². The second-order valence-electron chi connectivity index (χ2n) is 4.70. The van der Waals surface area contributed by atoms with Crippen LogP contribution in [0.2, 0.25) is 0 Å². The lowest BCUT2D eigenvalue weighted by atomic mass is 10.1. The standard InChI is InChI=1S/C13H21N3S/c1-11(2)9-16(8-5-13(14)17)10-12-3-6-15-7-4-12/h3-4,6-7,11H,5,8-10H2,1-2H3,(H2,14,17). The van der Waals surface area contributed by atoms with Crippen molar-refractivity contribution >= 4 is 17.2 Å². The van der Waals surface area contributed by atoms with E-state index in [1.807, 2.05) is 24.5 Å². The van der Waals surface area contributed by atoms with Gasteiger partial charge in [0.15, 0.2) is 0 Å². The van der Waals surface area contributed by atoms with Crippen LogP contribution in [0, 0.1) is 5.92 Å². The predicted octanol–water partition coefficient (Wildman–Crippen LogP) is 2.22. The number of hydrogen-bond acceptors (Lipinski definition) is 3. The van der Waals surface area contributed by atoms with Crippen molar-refractivity contribution in [2.24, 2.45) is 11.7 Å². The van der Waals surface area contributed by atoms with E-state index in [-0.39, 0.29) is 0 Å². The molecule has 0 saturated heterocycles. The maximum Gasteiger partial charge on any atom is 0.0740 e. The van der Waals surface area contributed by atoms with E-state index in [0.29, 0.717) is 10.9 Å². The summed E-state index contributed by atoms with van der Waals surface area (Å²) < 4.78 is 0. The number of rotatable bonds is 7. The molecule has 0 unspecified atom stereocenters. The summed E-state index contributed by atoms with van der Waals surface area (Å²) in [5.41, 5.74) is 6.84. The summed E-state index contributed by atoms with van der Waals surface area (Å²) in [6.45, 7) is 7.37. The molecule has 1 aromatic rings. The first-order chi connectivity index (χ1) is 8.08. The minimum atomic E-state index is 0.591. The van der Waals surface area contributed by atoms with E-state index in [9.17, 15) is 0 Å². The fraction of sp³-hybridized carbons (Fsp3) is 0.538. The first-order valence-corrected chi connectivity index (χ1v) is 6.38. The van der Waals surface area contributed by atoms with E-state index in [1.165, 1.54) is 5.56 Å². The van der Waals surface area contributed by atoms with Crippen LogP contribution in [0.3, 0.4) is 0 Å². The van der Waals surface area contributed by atoms with E-state index in [2.05, 4.69) is 23.7 Å².